The van der Waals surface area contributed by atoms with E-state index in [1.54, 1.807) is 0 Å². The maximum absolute atomic E-state index is 9.67. The standard InChI is InChI=1S/C21H21N3O/c25-14-5-3-11(4-6-14)21-19-13-2-1-12(9-13)18(19)20-15-10-22-24-16(15)7-8-17(20)23-21/h3-8,10,12-13,18-19,21,23,25H,1-2,9H2,(H,22,24)/t12?,13?,18-,19+,21-/m0/s1. The molecule has 3 aromatic rings. The van der Waals surface area contributed by atoms with Gasteiger partial charge in [0.05, 0.1) is 17.8 Å². The SMILES string of the molecule is Oc1ccc([C@@H]2Nc3ccc4[nH]ncc4c3[C@H]3C4CCC(C4)[C@@H]23)cc1. The van der Waals surface area contributed by atoms with Gasteiger partial charge >= 0.3 is 0 Å². The Hall–Kier alpha value is -2.49. The van der Waals surface area contributed by atoms with Crippen molar-refractivity contribution in [2.75, 3.05) is 5.32 Å². The molecule has 1 aromatic heterocycles. The number of nitrogens with zero attached hydrogens (tertiary/aromatic N) is 1. The summed E-state index contributed by atoms with van der Waals surface area (Å²) in [6, 6.07) is 12.5. The Morgan fingerprint density at radius 2 is 1.84 bits per heavy atom. The van der Waals surface area contributed by atoms with Crippen LogP contribution in [0.25, 0.3) is 10.9 Å². The lowest BCUT2D eigenvalue weighted by Gasteiger charge is -2.43. The van der Waals surface area contributed by atoms with Gasteiger partial charge in [0, 0.05) is 11.1 Å². The largest absolute Gasteiger partial charge is 0.508 e. The van der Waals surface area contributed by atoms with Gasteiger partial charge in [-0.1, -0.05) is 12.1 Å². The Bertz CT molecular complexity index is 961. The fraction of sp³-hybridized carbons (Fsp3) is 0.381. The van der Waals surface area contributed by atoms with Gasteiger partial charge in [-0.3, -0.25) is 5.10 Å². The van der Waals surface area contributed by atoms with Gasteiger partial charge in [-0.05, 0) is 78.3 Å². The van der Waals surface area contributed by atoms with Crippen LogP contribution >= 0.6 is 0 Å². The quantitative estimate of drug-likeness (QED) is 0.612. The van der Waals surface area contributed by atoms with Gasteiger partial charge in [-0.2, -0.15) is 5.10 Å². The molecule has 2 unspecified atom stereocenters. The van der Waals surface area contributed by atoms with Crippen LogP contribution in [0.2, 0.25) is 0 Å². The van der Waals surface area contributed by atoms with Gasteiger partial charge in [0.1, 0.15) is 5.75 Å². The molecule has 2 saturated carbocycles. The topological polar surface area (TPSA) is 60.9 Å². The number of anilines is 1. The van der Waals surface area contributed by atoms with E-state index in [-0.39, 0.29) is 0 Å². The van der Waals surface area contributed by atoms with Gasteiger partial charge in [0.2, 0.25) is 0 Å². The van der Waals surface area contributed by atoms with E-state index in [4.69, 9.17) is 0 Å². The summed E-state index contributed by atoms with van der Waals surface area (Å²) in [6.07, 6.45) is 6.08. The van der Waals surface area contributed by atoms with Crippen molar-refractivity contribution in [3.63, 3.8) is 0 Å². The first-order valence-corrected chi connectivity index (χ1v) is 9.31. The zero-order valence-electron chi connectivity index (χ0n) is 13.9. The first-order chi connectivity index (χ1) is 12.3. The summed E-state index contributed by atoms with van der Waals surface area (Å²) in [6.45, 7) is 0. The maximum atomic E-state index is 9.67. The molecular formula is C21H21N3O. The molecule has 3 aliphatic rings. The third kappa shape index (κ3) is 1.80. The molecule has 126 valence electrons. The van der Waals surface area contributed by atoms with Crippen molar-refractivity contribution in [3.05, 3.63) is 53.7 Å². The average molecular weight is 331 g/mol. The van der Waals surface area contributed by atoms with Gasteiger partial charge in [0.15, 0.2) is 0 Å². The third-order valence-electron chi connectivity index (χ3n) is 6.93. The molecule has 0 radical (unpaired) electrons. The number of hydrogen-bond acceptors (Lipinski definition) is 3. The monoisotopic (exact) mass is 331 g/mol. The van der Waals surface area contributed by atoms with E-state index in [1.165, 1.54) is 41.5 Å². The summed E-state index contributed by atoms with van der Waals surface area (Å²) in [4.78, 5) is 0. The molecule has 6 rings (SSSR count). The van der Waals surface area contributed by atoms with Crippen molar-refractivity contribution >= 4 is 16.6 Å². The van der Waals surface area contributed by atoms with E-state index in [0.717, 1.165) is 17.4 Å². The molecule has 2 heterocycles. The summed E-state index contributed by atoms with van der Waals surface area (Å²) >= 11 is 0. The van der Waals surface area contributed by atoms with E-state index in [0.29, 0.717) is 23.6 Å². The van der Waals surface area contributed by atoms with Crippen LogP contribution in [0, 0.1) is 17.8 Å². The van der Waals surface area contributed by atoms with E-state index < -0.39 is 0 Å². The highest BCUT2D eigenvalue weighted by atomic mass is 16.3. The molecule has 3 N–H and O–H groups in total. The Morgan fingerprint density at radius 1 is 1.00 bits per heavy atom. The number of hydrogen-bond donors (Lipinski definition) is 3. The predicted octanol–water partition coefficient (Wildman–Crippen LogP) is 4.57. The van der Waals surface area contributed by atoms with Crippen LogP contribution in [0.3, 0.4) is 0 Å². The van der Waals surface area contributed by atoms with Gasteiger partial charge in [-0.25, -0.2) is 0 Å². The molecule has 4 nitrogen and oxygen atoms in total. The number of aromatic amines is 1. The fourth-order valence-electron chi connectivity index (χ4n) is 6.02. The van der Waals surface area contributed by atoms with Crippen LogP contribution in [0.5, 0.6) is 5.75 Å². The lowest BCUT2D eigenvalue weighted by molar-refractivity contribution is 0.249. The Balaban J connectivity index is 1.55. The van der Waals surface area contributed by atoms with Gasteiger partial charge < -0.3 is 10.4 Å². The van der Waals surface area contributed by atoms with Gasteiger partial charge in [-0.15, -0.1) is 0 Å². The Kier molecular flexibility index (Phi) is 2.63. The highest BCUT2D eigenvalue weighted by Crippen LogP contribution is 2.64. The third-order valence-corrected chi connectivity index (χ3v) is 6.93. The smallest absolute Gasteiger partial charge is 0.115 e. The number of aromatic hydroxyl groups is 1. The zero-order chi connectivity index (χ0) is 16.5. The number of H-pyrrole nitrogens is 1. The molecular weight excluding hydrogens is 310 g/mol. The van der Waals surface area contributed by atoms with Crippen molar-refractivity contribution in [2.45, 2.75) is 31.2 Å². The zero-order valence-corrected chi connectivity index (χ0v) is 13.9. The number of phenols is 1. The predicted molar refractivity (Wildman–Crippen MR) is 97.6 cm³/mol. The Labute approximate surface area is 146 Å². The van der Waals surface area contributed by atoms with E-state index >= 15 is 0 Å². The number of nitrogens with one attached hydrogen (secondary N) is 2. The van der Waals surface area contributed by atoms with Crippen LogP contribution in [0.15, 0.2) is 42.6 Å². The van der Waals surface area contributed by atoms with Crippen LogP contribution < -0.4 is 5.32 Å². The number of fused-ring (bicyclic) bond motifs is 9. The summed E-state index contributed by atoms with van der Waals surface area (Å²) < 4.78 is 0. The van der Waals surface area contributed by atoms with Crippen LogP contribution in [0.4, 0.5) is 5.69 Å². The molecule has 0 spiro atoms. The first kappa shape index (κ1) is 13.8. The molecule has 0 saturated heterocycles. The van der Waals surface area contributed by atoms with Gasteiger partial charge in [0.25, 0.3) is 0 Å². The van der Waals surface area contributed by atoms with Crippen LogP contribution in [-0.4, -0.2) is 15.3 Å². The lowest BCUT2D eigenvalue weighted by Crippen LogP contribution is -2.35. The molecule has 1 aliphatic heterocycles. The second kappa shape index (κ2) is 4.78. The molecule has 4 heteroatoms. The molecule has 2 aromatic carbocycles. The highest BCUT2D eigenvalue weighted by Gasteiger charge is 2.54. The summed E-state index contributed by atoms with van der Waals surface area (Å²) in [5.41, 5.74) is 5.18. The average Bonchev–Trinajstić information content (AvgIpc) is 3.37. The summed E-state index contributed by atoms with van der Waals surface area (Å²) in [5.74, 6) is 3.20. The lowest BCUT2D eigenvalue weighted by atomic mass is 9.67. The molecule has 0 amide bonds. The van der Waals surface area contributed by atoms with E-state index in [1.807, 2.05) is 18.3 Å². The summed E-state index contributed by atoms with van der Waals surface area (Å²) in [5, 5.41) is 22.2. The molecule has 5 atom stereocenters. The molecule has 25 heavy (non-hydrogen) atoms. The maximum Gasteiger partial charge on any atom is 0.115 e. The normalized spacial score (nSPS) is 32.4. The van der Waals surface area contributed by atoms with Crippen molar-refractivity contribution in [1.82, 2.24) is 10.2 Å². The minimum Gasteiger partial charge on any atom is -0.508 e. The second-order valence-corrected chi connectivity index (χ2v) is 8.01. The Morgan fingerprint density at radius 3 is 2.72 bits per heavy atom. The van der Waals surface area contributed by atoms with Crippen LogP contribution in [0.1, 0.15) is 42.3 Å². The van der Waals surface area contributed by atoms with Crippen molar-refractivity contribution < 1.29 is 5.11 Å². The van der Waals surface area contributed by atoms with E-state index in [2.05, 4.69) is 39.8 Å². The van der Waals surface area contributed by atoms with Crippen LogP contribution in [-0.2, 0) is 0 Å². The van der Waals surface area contributed by atoms with E-state index in [9.17, 15) is 5.11 Å². The molecule has 2 fully saturated rings. The number of aromatic nitrogens is 2. The molecule has 2 bridgehead atoms. The van der Waals surface area contributed by atoms with Crippen molar-refractivity contribution in [1.29, 1.82) is 0 Å². The fourth-order valence-corrected chi connectivity index (χ4v) is 6.02. The van der Waals surface area contributed by atoms with Crippen molar-refractivity contribution in [2.24, 2.45) is 17.8 Å². The number of rotatable bonds is 1. The highest BCUT2D eigenvalue weighted by molar-refractivity contribution is 5.88. The van der Waals surface area contributed by atoms with Crippen molar-refractivity contribution in [3.8, 4) is 5.75 Å². The second-order valence-electron chi connectivity index (χ2n) is 8.01. The number of phenolic OH excluding ortho intramolecular Hbond substituents is 1. The summed E-state index contributed by atoms with van der Waals surface area (Å²) in [7, 11) is 0. The number of benzene rings is 2. The first-order valence-electron chi connectivity index (χ1n) is 9.31. The minimum absolute atomic E-state index is 0.331. The molecule has 2 aliphatic carbocycles. The minimum atomic E-state index is 0.331.